The SMILES string of the molecule is CC1(C(=O)Nc2cc3c(cc2Br)OCCO3)CCCNC1. The van der Waals surface area contributed by atoms with E-state index < -0.39 is 0 Å². The zero-order valence-electron chi connectivity index (χ0n) is 12.0. The van der Waals surface area contributed by atoms with Crippen LogP contribution in [0.25, 0.3) is 0 Å². The highest BCUT2D eigenvalue weighted by molar-refractivity contribution is 9.10. The molecule has 0 aromatic heterocycles. The monoisotopic (exact) mass is 354 g/mol. The molecule has 2 N–H and O–H groups in total. The fraction of sp³-hybridized carbons (Fsp3) is 0.533. The van der Waals surface area contributed by atoms with Gasteiger partial charge in [-0.2, -0.15) is 0 Å². The summed E-state index contributed by atoms with van der Waals surface area (Å²) >= 11 is 3.48. The summed E-state index contributed by atoms with van der Waals surface area (Å²) in [5.41, 5.74) is 0.348. The van der Waals surface area contributed by atoms with Gasteiger partial charge >= 0.3 is 0 Å². The standard InChI is InChI=1S/C15H19BrN2O3/c1-15(3-2-4-17-9-15)14(19)18-11-8-13-12(7-10(11)16)20-5-6-21-13/h7-8,17H,2-6,9H2,1H3,(H,18,19). The Labute approximate surface area is 132 Å². The van der Waals surface area contributed by atoms with Crippen molar-refractivity contribution in [1.82, 2.24) is 5.32 Å². The number of nitrogens with one attached hydrogen (secondary N) is 2. The van der Waals surface area contributed by atoms with Crippen LogP contribution in [-0.2, 0) is 4.79 Å². The summed E-state index contributed by atoms with van der Waals surface area (Å²) < 4.78 is 11.9. The minimum Gasteiger partial charge on any atom is -0.486 e. The number of ether oxygens (including phenoxy) is 2. The van der Waals surface area contributed by atoms with Crippen molar-refractivity contribution < 1.29 is 14.3 Å². The van der Waals surface area contributed by atoms with Crippen molar-refractivity contribution in [1.29, 1.82) is 0 Å². The topological polar surface area (TPSA) is 59.6 Å². The molecule has 1 aromatic carbocycles. The van der Waals surface area contributed by atoms with Crippen molar-refractivity contribution in [3.8, 4) is 11.5 Å². The Morgan fingerprint density at radius 3 is 2.71 bits per heavy atom. The third kappa shape index (κ3) is 3.01. The van der Waals surface area contributed by atoms with Crippen LogP contribution in [-0.4, -0.2) is 32.2 Å². The normalized spacial score (nSPS) is 24.5. The number of halogens is 1. The average molecular weight is 355 g/mol. The number of hydrogen-bond donors (Lipinski definition) is 2. The fourth-order valence-electron chi connectivity index (χ4n) is 2.68. The Kier molecular flexibility index (Phi) is 4.08. The molecule has 1 saturated heterocycles. The first-order chi connectivity index (χ1) is 10.1. The highest BCUT2D eigenvalue weighted by Gasteiger charge is 2.35. The van der Waals surface area contributed by atoms with E-state index >= 15 is 0 Å². The molecule has 0 radical (unpaired) electrons. The molecule has 1 fully saturated rings. The predicted octanol–water partition coefficient (Wildman–Crippen LogP) is 2.55. The lowest BCUT2D eigenvalue weighted by Gasteiger charge is -2.32. The molecule has 0 bridgehead atoms. The second-order valence-electron chi connectivity index (χ2n) is 5.77. The van der Waals surface area contributed by atoms with Gasteiger partial charge in [-0.05, 0) is 42.2 Å². The second kappa shape index (κ2) is 5.85. The van der Waals surface area contributed by atoms with Crippen molar-refractivity contribution in [2.75, 3.05) is 31.6 Å². The summed E-state index contributed by atoms with van der Waals surface area (Å²) in [6.45, 7) is 4.77. The number of carbonyl (C=O) groups excluding carboxylic acids is 1. The number of piperidine rings is 1. The zero-order chi connectivity index (χ0) is 14.9. The molecule has 1 amide bonds. The van der Waals surface area contributed by atoms with E-state index in [4.69, 9.17) is 9.47 Å². The molecule has 1 aromatic rings. The first-order valence-corrected chi connectivity index (χ1v) is 7.99. The van der Waals surface area contributed by atoms with E-state index in [0.717, 1.165) is 29.5 Å². The second-order valence-corrected chi connectivity index (χ2v) is 6.63. The molecule has 0 aliphatic carbocycles. The number of rotatable bonds is 2. The lowest BCUT2D eigenvalue weighted by Crippen LogP contribution is -2.46. The molecular weight excluding hydrogens is 336 g/mol. The van der Waals surface area contributed by atoms with E-state index in [2.05, 4.69) is 26.6 Å². The van der Waals surface area contributed by atoms with Crippen LogP contribution in [0.5, 0.6) is 11.5 Å². The number of fused-ring (bicyclic) bond motifs is 1. The number of anilines is 1. The maximum atomic E-state index is 12.6. The van der Waals surface area contributed by atoms with Gasteiger partial charge in [0.25, 0.3) is 0 Å². The maximum absolute atomic E-state index is 12.6. The van der Waals surface area contributed by atoms with Gasteiger partial charge in [0, 0.05) is 23.2 Å². The van der Waals surface area contributed by atoms with Gasteiger partial charge < -0.3 is 20.1 Å². The number of carbonyl (C=O) groups is 1. The Morgan fingerprint density at radius 2 is 2.05 bits per heavy atom. The summed E-state index contributed by atoms with van der Waals surface area (Å²) in [5.74, 6) is 1.41. The van der Waals surface area contributed by atoms with Crippen LogP contribution >= 0.6 is 15.9 Å². The van der Waals surface area contributed by atoms with Crippen molar-refractivity contribution in [2.24, 2.45) is 5.41 Å². The third-order valence-corrected chi connectivity index (χ3v) is 4.68. The molecule has 1 atom stereocenters. The van der Waals surface area contributed by atoms with E-state index in [1.54, 1.807) is 0 Å². The predicted molar refractivity (Wildman–Crippen MR) is 84.0 cm³/mol. The molecule has 114 valence electrons. The molecule has 2 aliphatic rings. The molecule has 0 spiro atoms. The van der Waals surface area contributed by atoms with Crippen molar-refractivity contribution >= 4 is 27.5 Å². The van der Waals surface area contributed by atoms with E-state index in [1.807, 2.05) is 19.1 Å². The molecule has 0 saturated carbocycles. The molecule has 21 heavy (non-hydrogen) atoms. The van der Waals surface area contributed by atoms with Gasteiger partial charge in [0.1, 0.15) is 13.2 Å². The first kappa shape index (κ1) is 14.7. The minimum atomic E-state index is -0.370. The Morgan fingerprint density at radius 1 is 1.33 bits per heavy atom. The molecule has 5 nitrogen and oxygen atoms in total. The lowest BCUT2D eigenvalue weighted by atomic mass is 9.82. The van der Waals surface area contributed by atoms with Crippen LogP contribution < -0.4 is 20.1 Å². The smallest absolute Gasteiger partial charge is 0.231 e. The summed E-state index contributed by atoms with van der Waals surface area (Å²) in [6.07, 6.45) is 1.92. The number of hydrogen-bond acceptors (Lipinski definition) is 4. The van der Waals surface area contributed by atoms with Crippen LogP contribution in [0.2, 0.25) is 0 Å². The summed E-state index contributed by atoms with van der Waals surface area (Å²) in [6, 6.07) is 3.65. The van der Waals surface area contributed by atoms with Gasteiger partial charge in [0.15, 0.2) is 11.5 Å². The molecular formula is C15H19BrN2O3. The summed E-state index contributed by atoms with van der Waals surface area (Å²) in [4.78, 5) is 12.6. The van der Waals surface area contributed by atoms with E-state index in [9.17, 15) is 4.79 Å². The van der Waals surface area contributed by atoms with E-state index in [-0.39, 0.29) is 11.3 Å². The van der Waals surface area contributed by atoms with Gasteiger partial charge in [-0.1, -0.05) is 0 Å². The summed E-state index contributed by atoms with van der Waals surface area (Å²) in [7, 11) is 0. The Bertz CT molecular complexity index is 556. The minimum absolute atomic E-state index is 0.0343. The molecule has 2 aliphatic heterocycles. The largest absolute Gasteiger partial charge is 0.486 e. The fourth-order valence-corrected chi connectivity index (χ4v) is 3.10. The van der Waals surface area contributed by atoms with E-state index in [0.29, 0.717) is 31.3 Å². The van der Waals surface area contributed by atoms with Gasteiger partial charge in [-0.3, -0.25) is 4.79 Å². The molecule has 6 heteroatoms. The highest BCUT2D eigenvalue weighted by atomic mass is 79.9. The molecule has 1 unspecified atom stereocenters. The van der Waals surface area contributed by atoms with Crippen molar-refractivity contribution in [3.05, 3.63) is 16.6 Å². The highest BCUT2D eigenvalue weighted by Crippen LogP contribution is 2.39. The van der Waals surface area contributed by atoms with Crippen LogP contribution in [0.4, 0.5) is 5.69 Å². The Balaban J connectivity index is 1.79. The van der Waals surface area contributed by atoms with Gasteiger partial charge in [-0.25, -0.2) is 0 Å². The number of amides is 1. The Hall–Kier alpha value is -1.27. The third-order valence-electron chi connectivity index (χ3n) is 4.03. The molecule has 2 heterocycles. The van der Waals surface area contributed by atoms with Crippen LogP contribution in [0, 0.1) is 5.41 Å². The van der Waals surface area contributed by atoms with Gasteiger partial charge in [-0.15, -0.1) is 0 Å². The van der Waals surface area contributed by atoms with Crippen LogP contribution in [0.15, 0.2) is 16.6 Å². The van der Waals surface area contributed by atoms with E-state index in [1.165, 1.54) is 0 Å². The van der Waals surface area contributed by atoms with Gasteiger partial charge in [0.05, 0.1) is 11.1 Å². The number of benzene rings is 1. The maximum Gasteiger partial charge on any atom is 0.231 e. The first-order valence-electron chi connectivity index (χ1n) is 7.20. The average Bonchev–Trinajstić information content (AvgIpc) is 2.48. The van der Waals surface area contributed by atoms with Crippen LogP contribution in [0.3, 0.4) is 0 Å². The van der Waals surface area contributed by atoms with Crippen molar-refractivity contribution in [3.63, 3.8) is 0 Å². The van der Waals surface area contributed by atoms with Crippen LogP contribution in [0.1, 0.15) is 19.8 Å². The molecule has 3 rings (SSSR count). The van der Waals surface area contributed by atoms with Crippen molar-refractivity contribution in [2.45, 2.75) is 19.8 Å². The summed E-state index contributed by atoms with van der Waals surface area (Å²) in [5, 5.41) is 6.30. The zero-order valence-corrected chi connectivity index (χ0v) is 13.6. The quantitative estimate of drug-likeness (QED) is 0.856. The van der Waals surface area contributed by atoms with Gasteiger partial charge in [0.2, 0.25) is 5.91 Å². The lowest BCUT2D eigenvalue weighted by molar-refractivity contribution is -0.125.